The van der Waals surface area contributed by atoms with E-state index in [4.69, 9.17) is 5.73 Å². The minimum atomic E-state index is 0.356. The molecule has 1 saturated carbocycles. The number of likely N-dealkylation sites (tertiary alicyclic amines) is 1. The zero-order valence-corrected chi connectivity index (χ0v) is 12.7. The van der Waals surface area contributed by atoms with Gasteiger partial charge in [0.25, 0.3) is 0 Å². The molecule has 3 atom stereocenters. The Morgan fingerprint density at radius 1 is 1.42 bits per heavy atom. The Morgan fingerprint density at radius 2 is 2.26 bits per heavy atom. The summed E-state index contributed by atoms with van der Waals surface area (Å²) in [6.07, 6.45) is 6.77. The lowest BCUT2D eigenvalue weighted by atomic mass is 9.77. The number of rotatable bonds is 4. The Kier molecular flexibility index (Phi) is 4.25. The highest BCUT2D eigenvalue weighted by Crippen LogP contribution is 2.37. The maximum Gasteiger partial charge on any atom is 0.0174 e. The van der Waals surface area contributed by atoms with Crippen molar-refractivity contribution in [3.8, 4) is 0 Å². The van der Waals surface area contributed by atoms with Crippen molar-refractivity contribution in [2.45, 2.75) is 57.0 Å². The molecule has 0 amide bonds. The zero-order chi connectivity index (χ0) is 13.2. The van der Waals surface area contributed by atoms with E-state index in [0.717, 1.165) is 24.9 Å². The van der Waals surface area contributed by atoms with Gasteiger partial charge in [-0.25, -0.2) is 0 Å². The van der Waals surface area contributed by atoms with Gasteiger partial charge in [0.05, 0.1) is 0 Å². The fourth-order valence-electron chi connectivity index (χ4n) is 3.89. The molecule has 2 nitrogen and oxygen atoms in total. The standard InChI is InChI=1S/C16H26N2S/c1-2-15(12-5-3-6-12)18-10-13(9-14(17)11-18)16-7-4-8-19-16/h4,7-8,12-15H,2-3,5-6,9-11,17H2,1H3. The predicted octanol–water partition coefficient (Wildman–Crippen LogP) is 3.44. The summed E-state index contributed by atoms with van der Waals surface area (Å²) in [5.41, 5.74) is 6.34. The van der Waals surface area contributed by atoms with Crippen LogP contribution in [0.4, 0.5) is 0 Å². The lowest BCUT2D eigenvalue weighted by Gasteiger charge is -2.46. The summed E-state index contributed by atoms with van der Waals surface area (Å²) in [5.74, 6) is 1.61. The van der Waals surface area contributed by atoms with Crippen LogP contribution >= 0.6 is 11.3 Å². The minimum absolute atomic E-state index is 0.356. The fourth-order valence-corrected chi connectivity index (χ4v) is 4.72. The third-order valence-corrected chi connectivity index (χ3v) is 6.07. The first-order chi connectivity index (χ1) is 9.28. The Labute approximate surface area is 121 Å². The number of thiophene rings is 1. The Morgan fingerprint density at radius 3 is 2.84 bits per heavy atom. The molecule has 1 aromatic rings. The number of piperidine rings is 1. The molecular weight excluding hydrogens is 252 g/mol. The van der Waals surface area contributed by atoms with E-state index in [1.807, 2.05) is 11.3 Å². The number of hydrogen-bond donors (Lipinski definition) is 1. The molecule has 3 heteroatoms. The van der Waals surface area contributed by atoms with Crippen molar-refractivity contribution < 1.29 is 0 Å². The van der Waals surface area contributed by atoms with Gasteiger partial charge in [-0.3, -0.25) is 4.90 Å². The maximum absolute atomic E-state index is 6.34. The molecule has 2 N–H and O–H groups in total. The van der Waals surface area contributed by atoms with Crippen molar-refractivity contribution >= 4 is 11.3 Å². The van der Waals surface area contributed by atoms with Crippen molar-refractivity contribution in [2.75, 3.05) is 13.1 Å². The van der Waals surface area contributed by atoms with Crippen LogP contribution in [0.2, 0.25) is 0 Å². The topological polar surface area (TPSA) is 29.3 Å². The second-order valence-electron chi connectivity index (χ2n) is 6.33. The van der Waals surface area contributed by atoms with Crippen LogP contribution in [0.1, 0.15) is 49.8 Å². The summed E-state index contributed by atoms with van der Waals surface area (Å²) < 4.78 is 0. The molecule has 0 radical (unpaired) electrons. The van der Waals surface area contributed by atoms with Crippen molar-refractivity contribution in [1.82, 2.24) is 4.90 Å². The van der Waals surface area contributed by atoms with Gasteiger partial charge in [0.2, 0.25) is 0 Å². The first-order valence-corrected chi connectivity index (χ1v) is 8.69. The lowest BCUT2D eigenvalue weighted by Crippen LogP contribution is -2.53. The van der Waals surface area contributed by atoms with Crippen LogP contribution in [0.15, 0.2) is 17.5 Å². The van der Waals surface area contributed by atoms with Crippen LogP contribution in [0, 0.1) is 5.92 Å². The lowest BCUT2D eigenvalue weighted by molar-refractivity contribution is 0.0610. The van der Waals surface area contributed by atoms with Crippen LogP contribution in [0.25, 0.3) is 0 Å². The summed E-state index contributed by atoms with van der Waals surface area (Å²) in [6.45, 7) is 4.68. The molecule has 3 rings (SSSR count). The molecule has 106 valence electrons. The molecule has 0 aromatic carbocycles. The molecule has 1 aliphatic carbocycles. The largest absolute Gasteiger partial charge is 0.327 e. The summed E-state index contributed by atoms with van der Waals surface area (Å²) >= 11 is 1.90. The predicted molar refractivity (Wildman–Crippen MR) is 82.6 cm³/mol. The van der Waals surface area contributed by atoms with Gasteiger partial charge in [0.15, 0.2) is 0 Å². The summed E-state index contributed by atoms with van der Waals surface area (Å²) in [4.78, 5) is 4.24. The second-order valence-corrected chi connectivity index (χ2v) is 7.31. The van der Waals surface area contributed by atoms with Gasteiger partial charge in [-0.2, -0.15) is 0 Å². The van der Waals surface area contributed by atoms with E-state index in [0.29, 0.717) is 12.0 Å². The maximum atomic E-state index is 6.34. The molecule has 2 heterocycles. The molecular formula is C16H26N2S. The van der Waals surface area contributed by atoms with E-state index < -0.39 is 0 Å². The van der Waals surface area contributed by atoms with Crippen molar-refractivity contribution in [3.05, 3.63) is 22.4 Å². The van der Waals surface area contributed by atoms with E-state index in [-0.39, 0.29) is 0 Å². The highest BCUT2D eigenvalue weighted by atomic mass is 32.1. The molecule has 1 saturated heterocycles. The van der Waals surface area contributed by atoms with E-state index in [9.17, 15) is 0 Å². The Bertz CT molecular complexity index is 385. The number of hydrogen-bond acceptors (Lipinski definition) is 3. The van der Waals surface area contributed by atoms with Gasteiger partial charge in [0, 0.05) is 36.0 Å². The Balaban J connectivity index is 1.70. The molecule has 0 bridgehead atoms. The summed E-state index contributed by atoms with van der Waals surface area (Å²) in [6, 6.07) is 5.60. The van der Waals surface area contributed by atoms with Gasteiger partial charge >= 0.3 is 0 Å². The third kappa shape index (κ3) is 2.88. The van der Waals surface area contributed by atoms with Gasteiger partial charge in [0.1, 0.15) is 0 Å². The van der Waals surface area contributed by atoms with E-state index in [1.165, 1.54) is 37.1 Å². The highest BCUT2D eigenvalue weighted by molar-refractivity contribution is 7.10. The molecule has 1 aliphatic heterocycles. The van der Waals surface area contributed by atoms with Crippen molar-refractivity contribution in [3.63, 3.8) is 0 Å². The zero-order valence-electron chi connectivity index (χ0n) is 11.9. The molecule has 1 aromatic heterocycles. The molecule has 0 spiro atoms. The van der Waals surface area contributed by atoms with Crippen LogP contribution in [-0.2, 0) is 0 Å². The van der Waals surface area contributed by atoms with Gasteiger partial charge in [-0.1, -0.05) is 19.4 Å². The number of nitrogens with two attached hydrogens (primary N) is 1. The van der Waals surface area contributed by atoms with Crippen LogP contribution < -0.4 is 5.73 Å². The summed E-state index contributed by atoms with van der Waals surface area (Å²) in [5, 5.41) is 2.20. The summed E-state index contributed by atoms with van der Waals surface area (Å²) in [7, 11) is 0. The molecule has 19 heavy (non-hydrogen) atoms. The third-order valence-electron chi connectivity index (χ3n) is 5.04. The van der Waals surface area contributed by atoms with Gasteiger partial charge < -0.3 is 5.73 Å². The quantitative estimate of drug-likeness (QED) is 0.914. The van der Waals surface area contributed by atoms with Crippen LogP contribution in [-0.4, -0.2) is 30.1 Å². The van der Waals surface area contributed by atoms with E-state index >= 15 is 0 Å². The van der Waals surface area contributed by atoms with Crippen molar-refractivity contribution in [2.24, 2.45) is 11.7 Å². The van der Waals surface area contributed by atoms with Crippen LogP contribution in [0.5, 0.6) is 0 Å². The minimum Gasteiger partial charge on any atom is -0.327 e. The van der Waals surface area contributed by atoms with Crippen molar-refractivity contribution in [1.29, 1.82) is 0 Å². The van der Waals surface area contributed by atoms with E-state index in [2.05, 4.69) is 29.3 Å². The normalized spacial score (nSPS) is 31.1. The SMILES string of the molecule is CCC(C1CCC1)N1CC(N)CC(c2cccs2)C1. The number of nitrogens with zero attached hydrogens (tertiary/aromatic N) is 1. The van der Waals surface area contributed by atoms with Crippen LogP contribution in [0.3, 0.4) is 0 Å². The first kappa shape index (κ1) is 13.6. The van der Waals surface area contributed by atoms with Gasteiger partial charge in [-0.05, 0) is 43.0 Å². The smallest absolute Gasteiger partial charge is 0.0174 e. The van der Waals surface area contributed by atoms with Gasteiger partial charge in [-0.15, -0.1) is 11.3 Å². The molecule has 3 unspecified atom stereocenters. The van der Waals surface area contributed by atoms with E-state index in [1.54, 1.807) is 0 Å². The second kappa shape index (κ2) is 5.94. The monoisotopic (exact) mass is 278 g/mol. The fraction of sp³-hybridized carbons (Fsp3) is 0.750. The molecule has 2 aliphatic rings. The molecule has 2 fully saturated rings. The Hall–Kier alpha value is -0.380. The average Bonchev–Trinajstić information content (AvgIpc) is 2.86. The highest BCUT2D eigenvalue weighted by Gasteiger charge is 2.35. The first-order valence-electron chi connectivity index (χ1n) is 7.81. The average molecular weight is 278 g/mol.